The highest BCUT2D eigenvalue weighted by atomic mass is 16.2. The van der Waals surface area contributed by atoms with Crippen molar-refractivity contribution in [2.24, 2.45) is 17.1 Å². The summed E-state index contributed by atoms with van der Waals surface area (Å²) in [5.41, 5.74) is 7.96. The number of aryl methyl sites for hydroxylation is 1. The average molecular weight is 329 g/mol. The Hall–Kier alpha value is -1.88. The molecule has 0 aliphatic carbocycles. The molecule has 2 atom stereocenters. The number of amides is 2. The lowest BCUT2D eigenvalue weighted by Gasteiger charge is -2.25. The molecule has 24 heavy (non-hydrogen) atoms. The Labute approximate surface area is 143 Å². The summed E-state index contributed by atoms with van der Waals surface area (Å²) in [5.74, 6) is -0.0745. The van der Waals surface area contributed by atoms with Crippen molar-refractivity contribution in [1.29, 1.82) is 0 Å². The first-order valence-corrected chi connectivity index (χ1v) is 8.84. The maximum absolute atomic E-state index is 12.8. The number of carbonyl (C=O) groups excluding carboxylic acids is 2. The molecule has 3 rings (SSSR count). The number of para-hydroxylation sites is 1. The Morgan fingerprint density at radius 1 is 1.38 bits per heavy atom. The predicted octanol–water partition coefficient (Wildman–Crippen LogP) is 1.80. The molecule has 2 aliphatic rings. The van der Waals surface area contributed by atoms with Gasteiger partial charge in [0.15, 0.2) is 0 Å². The third-order valence-electron chi connectivity index (χ3n) is 5.50. The minimum Gasteiger partial charge on any atom is -0.342 e. The molecular weight excluding hydrogens is 302 g/mol. The van der Waals surface area contributed by atoms with E-state index in [0.29, 0.717) is 26.1 Å². The monoisotopic (exact) mass is 329 g/mol. The molecule has 2 fully saturated rings. The fourth-order valence-electron chi connectivity index (χ4n) is 3.82. The van der Waals surface area contributed by atoms with Gasteiger partial charge in [0.25, 0.3) is 0 Å². The average Bonchev–Trinajstić information content (AvgIpc) is 3.18. The second-order valence-corrected chi connectivity index (χ2v) is 7.41. The van der Waals surface area contributed by atoms with Crippen LogP contribution in [-0.2, 0) is 16.0 Å². The largest absolute Gasteiger partial charge is 0.342 e. The standard InChI is InChI=1S/C19H27N3O2/c1-3-14-6-4-5-7-16(14)22-11-15(10-17(22)23)18(24)21-9-8-19(2,12-20)13-21/h4-7,15H,3,8-13,20H2,1-2H3. The quantitative estimate of drug-likeness (QED) is 0.916. The van der Waals surface area contributed by atoms with Crippen LogP contribution in [-0.4, -0.2) is 42.9 Å². The Morgan fingerprint density at radius 2 is 2.12 bits per heavy atom. The van der Waals surface area contributed by atoms with Crippen molar-refractivity contribution in [2.45, 2.75) is 33.1 Å². The molecule has 130 valence electrons. The molecule has 0 spiro atoms. The van der Waals surface area contributed by atoms with Crippen molar-refractivity contribution in [2.75, 3.05) is 31.1 Å². The van der Waals surface area contributed by atoms with Crippen molar-refractivity contribution in [1.82, 2.24) is 4.90 Å². The molecule has 2 N–H and O–H groups in total. The van der Waals surface area contributed by atoms with Crippen LogP contribution >= 0.6 is 0 Å². The molecule has 2 aliphatic heterocycles. The molecule has 0 radical (unpaired) electrons. The number of benzene rings is 1. The van der Waals surface area contributed by atoms with E-state index in [1.165, 1.54) is 0 Å². The van der Waals surface area contributed by atoms with E-state index < -0.39 is 0 Å². The molecule has 0 saturated carbocycles. The van der Waals surface area contributed by atoms with Gasteiger partial charge < -0.3 is 15.5 Å². The van der Waals surface area contributed by atoms with Crippen molar-refractivity contribution < 1.29 is 9.59 Å². The summed E-state index contributed by atoms with van der Waals surface area (Å²) in [4.78, 5) is 29.0. The number of anilines is 1. The van der Waals surface area contributed by atoms with Gasteiger partial charge in [-0.05, 0) is 36.4 Å². The normalized spacial score (nSPS) is 27.1. The van der Waals surface area contributed by atoms with Crippen LogP contribution < -0.4 is 10.6 Å². The Balaban J connectivity index is 1.72. The third-order valence-corrected chi connectivity index (χ3v) is 5.50. The van der Waals surface area contributed by atoms with E-state index in [4.69, 9.17) is 5.73 Å². The molecule has 5 heteroatoms. The molecule has 2 amide bonds. The van der Waals surface area contributed by atoms with Gasteiger partial charge in [0.1, 0.15) is 0 Å². The summed E-state index contributed by atoms with van der Waals surface area (Å²) in [6, 6.07) is 7.96. The minimum absolute atomic E-state index is 0.0206. The Kier molecular flexibility index (Phi) is 4.63. The van der Waals surface area contributed by atoms with Gasteiger partial charge in [0, 0.05) is 31.7 Å². The van der Waals surface area contributed by atoms with E-state index in [-0.39, 0.29) is 23.1 Å². The van der Waals surface area contributed by atoms with Crippen LogP contribution in [0, 0.1) is 11.3 Å². The summed E-state index contributed by atoms with van der Waals surface area (Å²) < 4.78 is 0. The van der Waals surface area contributed by atoms with E-state index in [0.717, 1.165) is 30.6 Å². The molecular formula is C19H27N3O2. The van der Waals surface area contributed by atoms with Gasteiger partial charge in [-0.2, -0.15) is 0 Å². The molecule has 5 nitrogen and oxygen atoms in total. The first-order chi connectivity index (χ1) is 11.5. The highest BCUT2D eigenvalue weighted by Gasteiger charge is 2.41. The fraction of sp³-hybridized carbons (Fsp3) is 0.579. The first kappa shape index (κ1) is 17.0. The van der Waals surface area contributed by atoms with Gasteiger partial charge >= 0.3 is 0 Å². The fourth-order valence-corrected chi connectivity index (χ4v) is 3.82. The number of hydrogen-bond donors (Lipinski definition) is 1. The van der Waals surface area contributed by atoms with Crippen molar-refractivity contribution in [3.8, 4) is 0 Å². The van der Waals surface area contributed by atoms with Gasteiger partial charge in [-0.1, -0.05) is 32.0 Å². The van der Waals surface area contributed by atoms with Gasteiger partial charge in [-0.3, -0.25) is 9.59 Å². The summed E-state index contributed by atoms with van der Waals surface area (Å²) in [7, 11) is 0. The molecule has 0 aromatic heterocycles. The van der Waals surface area contributed by atoms with E-state index >= 15 is 0 Å². The topological polar surface area (TPSA) is 66.6 Å². The van der Waals surface area contributed by atoms with E-state index in [2.05, 4.69) is 13.8 Å². The van der Waals surface area contributed by atoms with Gasteiger partial charge in [-0.15, -0.1) is 0 Å². The third kappa shape index (κ3) is 3.05. The Bertz CT molecular complexity index is 645. The van der Waals surface area contributed by atoms with Crippen LogP contribution in [0.3, 0.4) is 0 Å². The number of carbonyl (C=O) groups is 2. The molecule has 1 aromatic carbocycles. The number of likely N-dealkylation sites (tertiary alicyclic amines) is 1. The summed E-state index contributed by atoms with van der Waals surface area (Å²) in [6.07, 6.45) is 2.13. The summed E-state index contributed by atoms with van der Waals surface area (Å²) in [5, 5.41) is 0. The van der Waals surface area contributed by atoms with Crippen molar-refractivity contribution in [3.63, 3.8) is 0 Å². The Morgan fingerprint density at radius 3 is 2.79 bits per heavy atom. The molecule has 2 saturated heterocycles. The summed E-state index contributed by atoms with van der Waals surface area (Å²) >= 11 is 0. The number of hydrogen-bond acceptors (Lipinski definition) is 3. The molecule has 2 heterocycles. The number of nitrogens with two attached hydrogens (primary N) is 1. The molecule has 0 bridgehead atoms. The van der Waals surface area contributed by atoms with Crippen LogP contribution in [0.15, 0.2) is 24.3 Å². The van der Waals surface area contributed by atoms with Crippen LogP contribution in [0.25, 0.3) is 0 Å². The lowest BCUT2D eigenvalue weighted by Crippen LogP contribution is -2.38. The van der Waals surface area contributed by atoms with Crippen LogP contribution in [0.2, 0.25) is 0 Å². The van der Waals surface area contributed by atoms with E-state index in [1.54, 1.807) is 4.90 Å². The van der Waals surface area contributed by atoms with Crippen molar-refractivity contribution in [3.05, 3.63) is 29.8 Å². The van der Waals surface area contributed by atoms with Gasteiger partial charge in [-0.25, -0.2) is 0 Å². The maximum atomic E-state index is 12.8. The lowest BCUT2D eigenvalue weighted by atomic mass is 9.90. The van der Waals surface area contributed by atoms with Crippen molar-refractivity contribution >= 4 is 17.5 Å². The predicted molar refractivity (Wildman–Crippen MR) is 94.6 cm³/mol. The summed E-state index contributed by atoms with van der Waals surface area (Å²) in [6.45, 7) is 6.76. The minimum atomic E-state index is -0.234. The van der Waals surface area contributed by atoms with Gasteiger partial charge in [0.2, 0.25) is 11.8 Å². The molecule has 1 aromatic rings. The lowest BCUT2D eigenvalue weighted by molar-refractivity contribution is -0.135. The SMILES string of the molecule is CCc1ccccc1N1CC(C(=O)N2CCC(C)(CN)C2)CC1=O. The van der Waals surface area contributed by atoms with Crippen LogP contribution in [0.5, 0.6) is 0 Å². The zero-order chi connectivity index (χ0) is 17.3. The second-order valence-electron chi connectivity index (χ2n) is 7.41. The number of nitrogens with zero attached hydrogens (tertiary/aromatic N) is 2. The highest BCUT2D eigenvalue weighted by molar-refractivity contribution is 6.00. The smallest absolute Gasteiger partial charge is 0.228 e. The maximum Gasteiger partial charge on any atom is 0.228 e. The van der Waals surface area contributed by atoms with Crippen LogP contribution in [0.4, 0.5) is 5.69 Å². The highest BCUT2D eigenvalue weighted by Crippen LogP contribution is 2.33. The van der Waals surface area contributed by atoms with Crippen LogP contribution in [0.1, 0.15) is 32.3 Å². The van der Waals surface area contributed by atoms with E-state index in [1.807, 2.05) is 29.2 Å². The first-order valence-electron chi connectivity index (χ1n) is 8.84. The molecule has 2 unspecified atom stereocenters. The zero-order valence-corrected chi connectivity index (χ0v) is 14.6. The van der Waals surface area contributed by atoms with E-state index in [9.17, 15) is 9.59 Å². The second kappa shape index (κ2) is 6.55. The zero-order valence-electron chi connectivity index (χ0n) is 14.6. The van der Waals surface area contributed by atoms with Gasteiger partial charge in [0.05, 0.1) is 5.92 Å². The number of rotatable bonds is 4.